The molecular weight excluding hydrogens is 124 g/mol. The molecule has 0 aromatic rings. The van der Waals surface area contributed by atoms with E-state index in [1.165, 1.54) is 0 Å². The SMILES string of the molecule is NC[C@H]1CC[C@@H]1C(F)F. The van der Waals surface area contributed by atoms with Crippen molar-refractivity contribution in [2.75, 3.05) is 6.54 Å². The number of halogens is 2. The molecule has 0 amide bonds. The molecule has 1 aliphatic carbocycles. The molecule has 1 aliphatic rings. The van der Waals surface area contributed by atoms with Crippen molar-refractivity contribution in [2.24, 2.45) is 17.6 Å². The third-order valence-electron chi connectivity index (χ3n) is 2.10. The summed E-state index contributed by atoms with van der Waals surface area (Å²) >= 11 is 0. The predicted molar refractivity (Wildman–Crippen MR) is 31.3 cm³/mol. The van der Waals surface area contributed by atoms with Crippen molar-refractivity contribution in [1.82, 2.24) is 0 Å². The average molecular weight is 135 g/mol. The molecule has 0 spiro atoms. The summed E-state index contributed by atoms with van der Waals surface area (Å²) in [6.45, 7) is 0.426. The van der Waals surface area contributed by atoms with Crippen LogP contribution in [0, 0.1) is 11.8 Å². The number of alkyl halides is 2. The number of hydrogen-bond acceptors (Lipinski definition) is 1. The first-order valence-corrected chi connectivity index (χ1v) is 3.24. The topological polar surface area (TPSA) is 26.0 Å². The molecule has 1 saturated carbocycles. The molecule has 0 radical (unpaired) electrons. The fourth-order valence-corrected chi connectivity index (χ4v) is 1.22. The largest absolute Gasteiger partial charge is 0.330 e. The maximum Gasteiger partial charge on any atom is 0.241 e. The van der Waals surface area contributed by atoms with E-state index in [9.17, 15) is 8.78 Å². The lowest BCUT2D eigenvalue weighted by Gasteiger charge is -2.34. The van der Waals surface area contributed by atoms with Crippen LogP contribution in [0.15, 0.2) is 0 Å². The fourth-order valence-electron chi connectivity index (χ4n) is 1.22. The van der Waals surface area contributed by atoms with E-state index >= 15 is 0 Å². The monoisotopic (exact) mass is 135 g/mol. The second-order valence-corrected chi connectivity index (χ2v) is 2.57. The molecule has 0 aromatic carbocycles. The second-order valence-electron chi connectivity index (χ2n) is 2.57. The van der Waals surface area contributed by atoms with Crippen molar-refractivity contribution >= 4 is 0 Å². The number of hydrogen-bond donors (Lipinski definition) is 1. The normalized spacial score (nSPS) is 34.7. The van der Waals surface area contributed by atoms with Crippen LogP contribution in [0.4, 0.5) is 8.78 Å². The van der Waals surface area contributed by atoms with E-state index in [4.69, 9.17) is 5.73 Å². The standard InChI is InChI=1S/C6H11F2N/c7-6(8)5-2-1-4(5)3-9/h4-6H,1-3,9H2/t4-,5+/m1/s1. The zero-order valence-electron chi connectivity index (χ0n) is 5.19. The van der Waals surface area contributed by atoms with Crippen LogP contribution in [-0.4, -0.2) is 13.0 Å². The molecule has 0 aromatic heterocycles. The smallest absolute Gasteiger partial charge is 0.241 e. The molecule has 1 fully saturated rings. The molecule has 9 heavy (non-hydrogen) atoms. The van der Waals surface area contributed by atoms with E-state index in [1.54, 1.807) is 0 Å². The van der Waals surface area contributed by atoms with Gasteiger partial charge in [0.15, 0.2) is 0 Å². The third kappa shape index (κ3) is 1.21. The Balaban J connectivity index is 2.27. The summed E-state index contributed by atoms with van der Waals surface area (Å²) < 4.78 is 23.7. The molecular formula is C6H11F2N. The predicted octanol–water partition coefficient (Wildman–Crippen LogP) is 1.24. The Kier molecular flexibility index (Phi) is 2.01. The van der Waals surface area contributed by atoms with Gasteiger partial charge in [0.1, 0.15) is 0 Å². The Morgan fingerprint density at radius 3 is 2.22 bits per heavy atom. The van der Waals surface area contributed by atoms with Crippen LogP contribution in [-0.2, 0) is 0 Å². The van der Waals surface area contributed by atoms with Gasteiger partial charge in [0.25, 0.3) is 0 Å². The first kappa shape index (κ1) is 6.93. The van der Waals surface area contributed by atoms with E-state index in [2.05, 4.69) is 0 Å². The Morgan fingerprint density at radius 2 is 2.11 bits per heavy atom. The Hall–Kier alpha value is -0.180. The molecule has 3 heteroatoms. The van der Waals surface area contributed by atoms with Crippen LogP contribution in [0.1, 0.15) is 12.8 Å². The van der Waals surface area contributed by atoms with E-state index in [-0.39, 0.29) is 5.92 Å². The fraction of sp³-hybridized carbons (Fsp3) is 1.00. The zero-order valence-corrected chi connectivity index (χ0v) is 5.19. The van der Waals surface area contributed by atoms with Gasteiger partial charge >= 0.3 is 0 Å². The Morgan fingerprint density at radius 1 is 1.44 bits per heavy atom. The van der Waals surface area contributed by atoms with Crippen molar-refractivity contribution in [2.45, 2.75) is 19.3 Å². The van der Waals surface area contributed by atoms with Gasteiger partial charge in [-0.25, -0.2) is 8.78 Å². The first-order valence-electron chi connectivity index (χ1n) is 3.24. The van der Waals surface area contributed by atoms with Crippen LogP contribution >= 0.6 is 0 Å². The van der Waals surface area contributed by atoms with Crippen LogP contribution < -0.4 is 5.73 Å². The van der Waals surface area contributed by atoms with Crippen LogP contribution in [0.25, 0.3) is 0 Å². The van der Waals surface area contributed by atoms with Crippen molar-refractivity contribution in [1.29, 1.82) is 0 Å². The third-order valence-corrected chi connectivity index (χ3v) is 2.10. The van der Waals surface area contributed by atoms with Gasteiger partial charge in [0, 0.05) is 5.92 Å². The van der Waals surface area contributed by atoms with E-state index in [0.717, 1.165) is 6.42 Å². The van der Waals surface area contributed by atoms with Crippen molar-refractivity contribution in [3.8, 4) is 0 Å². The highest BCUT2D eigenvalue weighted by atomic mass is 19.3. The highest BCUT2D eigenvalue weighted by molar-refractivity contribution is 4.82. The van der Waals surface area contributed by atoms with E-state index in [1.807, 2.05) is 0 Å². The average Bonchev–Trinajstić information content (AvgIpc) is 1.61. The van der Waals surface area contributed by atoms with Gasteiger partial charge in [0.05, 0.1) is 0 Å². The zero-order chi connectivity index (χ0) is 6.85. The van der Waals surface area contributed by atoms with E-state index in [0.29, 0.717) is 13.0 Å². The first-order chi connectivity index (χ1) is 4.25. The minimum atomic E-state index is -2.15. The summed E-state index contributed by atoms with van der Waals surface area (Å²) in [5.74, 6) is -0.292. The summed E-state index contributed by atoms with van der Waals surface area (Å²) in [5, 5.41) is 0. The van der Waals surface area contributed by atoms with Crippen molar-refractivity contribution in [3.63, 3.8) is 0 Å². The summed E-state index contributed by atoms with van der Waals surface area (Å²) in [5.41, 5.74) is 5.23. The minimum absolute atomic E-state index is 0.102. The molecule has 54 valence electrons. The quantitative estimate of drug-likeness (QED) is 0.605. The molecule has 0 saturated heterocycles. The lowest BCUT2D eigenvalue weighted by Crippen LogP contribution is -2.36. The lowest BCUT2D eigenvalue weighted by molar-refractivity contribution is -0.00809. The summed E-state index contributed by atoms with van der Waals surface area (Å²) in [7, 11) is 0. The maximum atomic E-state index is 11.9. The highest BCUT2D eigenvalue weighted by Crippen LogP contribution is 2.37. The molecule has 0 bridgehead atoms. The minimum Gasteiger partial charge on any atom is -0.330 e. The number of rotatable bonds is 2. The van der Waals surface area contributed by atoms with Gasteiger partial charge in [-0.05, 0) is 25.3 Å². The Labute approximate surface area is 53.2 Å². The van der Waals surface area contributed by atoms with Gasteiger partial charge < -0.3 is 5.73 Å². The second kappa shape index (κ2) is 2.60. The molecule has 1 rings (SSSR count). The summed E-state index contributed by atoms with van der Waals surface area (Å²) in [4.78, 5) is 0. The van der Waals surface area contributed by atoms with Crippen LogP contribution in [0.3, 0.4) is 0 Å². The molecule has 0 heterocycles. The highest BCUT2D eigenvalue weighted by Gasteiger charge is 2.36. The maximum absolute atomic E-state index is 11.9. The lowest BCUT2D eigenvalue weighted by atomic mass is 9.74. The molecule has 0 aliphatic heterocycles. The van der Waals surface area contributed by atoms with Gasteiger partial charge in [0.2, 0.25) is 6.43 Å². The van der Waals surface area contributed by atoms with Gasteiger partial charge in [-0.2, -0.15) is 0 Å². The summed E-state index contributed by atoms with van der Waals surface area (Å²) in [6, 6.07) is 0. The van der Waals surface area contributed by atoms with Gasteiger partial charge in [-0.15, -0.1) is 0 Å². The molecule has 2 atom stereocenters. The number of nitrogens with two attached hydrogens (primary N) is 1. The molecule has 2 N–H and O–H groups in total. The van der Waals surface area contributed by atoms with Gasteiger partial charge in [-0.3, -0.25) is 0 Å². The molecule has 1 nitrogen and oxygen atoms in total. The van der Waals surface area contributed by atoms with Crippen LogP contribution in [0.2, 0.25) is 0 Å². The molecule has 0 unspecified atom stereocenters. The van der Waals surface area contributed by atoms with Gasteiger partial charge in [-0.1, -0.05) is 0 Å². The van der Waals surface area contributed by atoms with Crippen molar-refractivity contribution in [3.05, 3.63) is 0 Å². The summed E-state index contributed by atoms with van der Waals surface area (Å²) in [6.07, 6.45) is -0.585. The van der Waals surface area contributed by atoms with E-state index < -0.39 is 12.3 Å². The Bertz CT molecular complexity index is 93.1. The van der Waals surface area contributed by atoms with Crippen LogP contribution in [0.5, 0.6) is 0 Å². The van der Waals surface area contributed by atoms with Crippen molar-refractivity contribution < 1.29 is 8.78 Å².